The molecule has 22 heavy (non-hydrogen) atoms. The van der Waals surface area contributed by atoms with Crippen LogP contribution in [-0.4, -0.2) is 30.7 Å². The topological polar surface area (TPSA) is 55.6 Å². The van der Waals surface area contributed by atoms with Gasteiger partial charge in [-0.1, -0.05) is 24.3 Å². The normalized spacial score (nSPS) is 17.5. The number of carbonyl (C=O) groups is 1. The van der Waals surface area contributed by atoms with Crippen LogP contribution in [0.25, 0.3) is 0 Å². The van der Waals surface area contributed by atoms with Crippen LogP contribution >= 0.6 is 0 Å². The van der Waals surface area contributed by atoms with Crippen molar-refractivity contribution >= 4 is 5.97 Å². The van der Waals surface area contributed by atoms with Crippen LogP contribution in [0, 0.1) is 5.41 Å². The number of nitrogens with zero attached hydrogens (tertiary/aromatic N) is 1. The summed E-state index contributed by atoms with van der Waals surface area (Å²) in [4.78, 5) is 17.4. The molecule has 4 nitrogen and oxygen atoms in total. The Bertz CT molecular complexity index is 483. The molecule has 1 aliphatic rings. The van der Waals surface area contributed by atoms with E-state index >= 15 is 0 Å². The molecule has 1 heterocycles. The van der Waals surface area contributed by atoms with Crippen LogP contribution in [0.2, 0.25) is 0 Å². The van der Waals surface area contributed by atoms with Gasteiger partial charge >= 0.3 is 5.97 Å². The van der Waals surface area contributed by atoms with E-state index in [1.165, 1.54) is 11.1 Å². The first-order valence-electron chi connectivity index (χ1n) is 8.16. The molecule has 1 saturated heterocycles. The first kappa shape index (κ1) is 17.0. The Morgan fingerprint density at radius 3 is 2.32 bits per heavy atom. The molecular formula is C18H28N2O2. The van der Waals surface area contributed by atoms with E-state index < -0.39 is 5.41 Å². The van der Waals surface area contributed by atoms with Crippen LogP contribution in [0.4, 0.5) is 0 Å². The molecule has 0 saturated carbocycles. The lowest BCUT2D eigenvalue weighted by Gasteiger charge is -2.32. The largest absolute Gasteiger partial charge is 0.367 e. The van der Waals surface area contributed by atoms with Gasteiger partial charge in [-0.25, -0.2) is 4.79 Å². The van der Waals surface area contributed by atoms with Gasteiger partial charge in [-0.2, -0.15) is 0 Å². The fraction of sp³-hybridized carbons (Fsp3) is 0.611. The van der Waals surface area contributed by atoms with E-state index in [-0.39, 0.29) is 5.97 Å². The predicted molar refractivity (Wildman–Crippen MR) is 88.3 cm³/mol. The van der Waals surface area contributed by atoms with Crippen LogP contribution in [-0.2, 0) is 16.1 Å². The van der Waals surface area contributed by atoms with Gasteiger partial charge in [0.2, 0.25) is 0 Å². The van der Waals surface area contributed by atoms with Crippen molar-refractivity contribution in [2.75, 3.05) is 19.6 Å². The van der Waals surface area contributed by atoms with Crippen molar-refractivity contribution in [3.63, 3.8) is 0 Å². The molecule has 1 aliphatic heterocycles. The number of benzene rings is 1. The summed E-state index contributed by atoms with van der Waals surface area (Å²) in [6.45, 7) is 7.94. The van der Waals surface area contributed by atoms with Crippen molar-refractivity contribution in [1.29, 1.82) is 0 Å². The highest BCUT2D eigenvalue weighted by atomic mass is 16.7. The highest BCUT2D eigenvalue weighted by Crippen LogP contribution is 2.29. The molecule has 0 aromatic heterocycles. The number of carbonyl (C=O) groups excluding carboxylic acids is 1. The average Bonchev–Trinajstić information content (AvgIpc) is 2.48. The van der Waals surface area contributed by atoms with Crippen molar-refractivity contribution in [2.45, 2.75) is 46.0 Å². The van der Waals surface area contributed by atoms with Crippen molar-refractivity contribution in [3.05, 3.63) is 35.4 Å². The van der Waals surface area contributed by atoms with Crippen molar-refractivity contribution in [3.8, 4) is 0 Å². The number of nitrogens with two attached hydrogens (primary N) is 1. The molecule has 1 aromatic rings. The quantitative estimate of drug-likeness (QED) is 0.929. The Morgan fingerprint density at radius 2 is 1.82 bits per heavy atom. The standard InChI is InChI=1S/C18H28N2O2/c1-18(2,3)17(21)22-20-12-9-16(10-13-20)15-6-4-14(5-7-15)8-11-19/h4-7,16H,8-13,19H2,1-3H3. The minimum Gasteiger partial charge on any atom is -0.367 e. The van der Waals surface area contributed by atoms with Crippen molar-refractivity contribution in [1.82, 2.24) is 5.06 Å². The Labute approximate surface area is 133 Å². The lowest BCUT2D eigenvalue weighted by molar-refractivity contribution is -0.204. The molecule has 122 valence electrons. The minimum absolute atomic E-state index is 0.155. The van der Waals surface area contributed by atoms with Crippen LogP contribution in [0.5, 0.6) is 0 Å². The molecule has 2 rings (SSSR count). The molecule has 1 fully saturated rings. The van der Waals surface area contributed by atoms with E-state index in [2.05, 4.69) is 24.3 Å². The fourth-order valence-corrected chi connectivity index (χ4v) is 2.66. The summed E-state index contributed by atoms with van der Waals surface area (Å²) in [5.74, 6) is 0.397. The first-order valence-corrected chi connectivity index (χ1v) is 8.16. The molecule has 0 bridgehead atoms. The first-order chi connectivity index (χ1) is 10.4. The third kappa shape index (κ3) is 4.55. The monoisotopic (exact) mass is 304 g/mol. The summed E-state index contributed by atoms with van der Waals surface area (Å²) in [7, 11) is 0. The molecule has 4 heteroatoms. The summed E-state index contributed by atoms with van der Waals surface area (Å²) in [6, 6.07) is 8.78. The molecule has 0 amide bonds. The third-order valence-corrected chi connectivity index (χ3v) is 4.16. The fourth-order valence-electron chi connectivity index (χ4n) is 2.66. The summed E-state index contributed by atoms with van der Waals surface area (Å²) in [5.41, 5.74) is 7.80. The molecule has 0 spiro atoms. The van der Waals surface area contributed by atoms with Gasteiger partial charge < -0.3 is 10.6 Å². The third-order valence-electron chi connectivity index (χ3n) is 4.16. The number of hydrogen-bond acceptors (Lipinski definition) is 4. The van der Waals surface area contributed by atoms with Gasteiger partial charge in [-0.3, -0.25) is 0 Å². The summed E-state index contributed by atoms with van der Waals surface area (Å²) in [5, 5.41) is 1.81. The summed E-state index contributed by atoms with van der Waals surface area (Å²) < 4.78 is 0. The van der Waals surface area contributed by atoms with E-state index in [1.54, 1.807) is 0 Å². The SMILES string of the molecule is CC(C)(C)C(=O)ON1CCC(c2ccc(CCN)cc2)CC1. The molecule has 0 atom stereocenters. The maximum absolute atomic E-state index is 11.9. The highest BCUT2D eigenvalue weighted by Gasteiger charge is 2.28. The number of hydroxylamine groups is 2. The van der Waals surface area contributed by atoms with E-state index in [0.717, 1.165) is 32.4 Å². The van der Waals surface area contributed by atoms with Gasteiger partial charge in [0.25, 0.3) is 0 Å². The molecule has 1 aromatic carbocycles. The molecule has 0 radical (unpaired) electrons. The van der Waals surface area contributed by atoms with Crippen LogP contribution < -0.4 is 5.73 Å². The zero-order valence-electron chi connectivity index (χ0n) is 14.0. The maximum atomic E-state index is 11.9. The minimum atomic E-state index is -0.449. The van der Waals surface area contributed by atoms with Crippen LogP contribution in [0.15, 0.2) is 24.3 Å². The van der Waals surface area contributed by atoms with E-state index in [0.29, 0.717) is 12.5 Å². The molecule has 0 aliphatic carbocycles. The molecule has 2 N–H and O–H groups in total. The van der Waals surface area contributed by atoms with Gasteiger partial charge in [-0.15, -0.1) is 5.06 Å². The smallest absolute Gasteiger partial charge is 0.330 e. The lowest BCUT2D eigenvalue weighted by atomic mass is 9.89. The second-order valence-electron chi connectivity index (χ2n) is 7.11. The maximum Gasteiger partial charge on any atom is 0.330 e. The summed E-state index contributed by atoms with van der Waals surface area (Å²) >= 11 is 0. The Balaban J connectivity index is 1.85. The van der Waals surface area contributed by atoms with Gasteiger partial charge in [0.1, 0.15) is 0 Å². The zero-order chi connectivity index (χ0) is 16.2. The van der Waals surface area contributed by atoms with Gasteiger partial charge in [-0.05, 0) is 63.6 Å². The summed E-state index contributed by atoms with van der Waals surface area (Å²) in [6.07, 6.45) is 2.97. The zero-order valence-corrected chi connectivity index (χ0v) is 14.0. The van der Waals surface area contributed by atoms with E-state index in [9.17, 15) is 4.79 Å². The predicted octanol–water partition coefficient (Wildman–Crippen LogP) is 2.87. The van der Waals surface area contributed by atoms with Gasteiger partial charge in [0.05, 0.1) is 5.41 Å². The second-order valence-corrected chi connectivity index (χ2v) is 7.11. The van der Waals surface area contributed by atoms with Crippen molar-refractivity contribution < 1.29 is 9.63 Å². The van der Waals surface area contributed by atoms with Gasteiger partial charge in [0.15, 0.2) is 0 Å². The Morgan fingerprint density at radius 1 is 1.23 bits per heavy atom. The average molecular weight is 304 g/mol. The lowest BCUT2D eigenvalue weighted by Crippen LogP contribution is -2.38. The Kier molecular flexibility index (Phi) is 5.59. The molecule has 0 unspecified atom stereocenters. The van der Waals surface area contributed by atoms with E-state index in [4.69, 9.17) is 10.6 Å². The molecular weight excluding hydrogens is 276 g/mol. The highest BCUT2D eigenvalue weighted by molar-refractivity contribution is 5.75. The second kappa shape index (κ2) is 7.25. The number of piperidine rings is 1. The van der Waals surface area contributed by atoms with E-state index in [1.807, 2.05) is 25.8 Å². The number of hydrogen-bond donors (Lipinski definition) is 1. The number of rotatable bonds is 4. The van der Waals surface area contributed by atoms with Crippen LogP contribution in [0.1, 0.15) is 50.7 Å². The van der Waals surface area contributed by atoms with Crippen LogP contribution in [0.3, 0.4) is 0 Å². The van der Waals surface area contributed by atoms with Gasteiger partial charge in [0, 0.05) is 13.1 Å². The Hall–Kier alpha value is -1.39. The van der Waals surface area contributed by atoms with Crippen molar-refractivity contribution in [2.24, 2.45) is 11.1 Å².